The van der Waals surface area contributed by atoms with E-state index in [9.17, 15) is 0 Å². The highest BCUT2D eigenvalue weighted by molar-refractivity contribution is 9.10. The molecule has 0 aromatic carbocycles. The molecular formula is C11H11BrN6. The molecule has 3 aromatic heterocycles. The molecule has 3 rings (SSSR count). The van der Waals surface area contributed by atoms with E-state index in [0.29, 0.717) is 5.95 Å². The van der Waals surface area contributed by atoms with Crippen LogP contribution in [0.1, 0.15) is 18.5 Å². The molecule has 6 nitrogen and oxygen atoms in total. The number of halogens is 1. The van der Waals surface area contributed by atoms with Crippen LogP contribution in [0.25, 0.3) is 5.65 Å². The predicted octanol–water partition coefficient (Wildman–Crippen LogP) is 2.39. The maximum atomic E-state index is 4.43. The lowest BCUT2D eigenvalue weighted by Gasteiger charge is -2.08. The Labute approximate surface area is 112 Å². The van der Waals surface area contributed by atoms with E-state index in [4.69, 9.17) is 0 Å². The van der Waals surface area contributed by atoms with Crippen LogP contribution >= 0.6 is 15.9 Å². The summed E-state index contributed by atoms with van der Waals surface area (Å²) in [6.45, 7) is 2.03. The minimum absolute atomic E-state index is 0.0972. The van der Waals surface area contributed by atoms with Gasteiger partial charge in [0.05, 0.1) is 16.7 Å². The van der Waals surface area contributed by atoms with Crippen LogP contribution in [0.2, 0.25) is 0 Å². The van der Waals surface area contributed by atoms with E-state index in [0.717, 1.165) is 15.7 Å². The molecule has 3 aromatic rings. The number of aromatic nitrogens is 5. The summed E-state index contributed by atoms with van der Waals surface area (Å²) in [6, 6.07) is 3.95. The number of aromatic amines is 1. The Bertz CT molecular complexity index is 659. The summed E-state index contributed by atoms with van der Waals surface area (Å²) in [7, 11) is 0. The number of fused-ring (bicyclic) bond motifs is 1. The van der Waals surface area contributed by atoms with E-state index in [1.165, 1.54) is 0 Å². The summed E-state index contributed by atoms with van der Waals surface area (Å²) in [5.41, 5.74) is 1.85. The summed E-state index contributed by atoms with van der Waals surface area (Å²) < 4.78 is 2.65. The first kappa shape index (κ1) is 11.2. The van der Waals surface area contributed by atoms with Gasteiger partial charge in [-0.05, 0) is 35.0 Å². The van der Waals surface area contributed by atoms with E-state index in [1.54, 1.807) is 10.7 Å². The smallest absolute Gasteiger partial charge is 0.243 e. The summed E-state index contributed by atoms with van der Waals surface area (Å²) in [5, 5.41) is 14.3. The van der Waals surface area contributed by atoms with Gasteiger partial charge in [-0.3, -0.25) is 5.10 Å². The topological polar surface area (TPSA) is 70.9 Å². The van der Waals surface area contributed by atoms with Crippen LogP contribution in [0.5, 0.6) is 0 Å². The standard InChI is InChI=1S/C11H11BrN6/c1-7(8-5-13-14-6-8)15-11-16-10-9(12)3-2-4-18(10)17-11/h2-7H,1H3,(H,13,14)(H,15,17). The fraction of sp³-hybridized carbons (Fsp3) is 0.182. The van der Waals surface area contributed by atoms with Gasteiger partial charge >= 0.3 is 0 Å². The van der Waals surface area contributed by atoms with Crippen LogP contribution in [0.3, 0.4) is 0 Å². The minimum atomic E-state index is 0.0972. The number of nitrogens with zero attached hydrogens (tertiary/aromatic N) is 4. The van der Waals surface area contributed by atoms with E-state index >= 15 is 0 Å². The van der Waals surface area contributed by atoms with Gasteiger partial charge < -0.3 is 5.32 Å². The molecule has 92 valence electrons. The third-order valence-corrected chi connectivity index (χ3v) is 3.30. The first-order chi connectivity index (χ1) is 8.74. The first-order valence-electron chi connectivity index (χ1n) is 5.50. The molecular weight excluding hydrogens is 296 g/mol. The SMILES string of the molecule is CC(Nc1nc2c(Br)cccn2n1)c1cn[nH]c1. The normalized spacial score (nSPS) is 12.8. The fourth-order valence-corrected chi connectivity index (χ4v) is 2.13. The van der Waals surface area contributed by atoms with Crippen molar-refractivity contribution in [3.8, 4) is 0 Å². The fourth-order valence-electron chi connectivity index (χ4n) is 1.71. The average Bonchev–Trinajstić information content (AvgIpc) is 2.97. The van der Waals surface area contributed by atoms with Crippen LogP contribution in [-0.4, -0.2) is 24.8 Å². The molecule has 0 saturated heterocycles. The second-order valence-electron chi connectivity index (χ2n) is 3.96. The van der Waals surface area contributed by atoms with Crippen LogP contribution in [0.4, 0.5) is 5.95 Å². The highest BCUT2D eigenvalue weighted by atomic mass is 79.9. The van der Waals surface area contributed by atoms with Crippen LogP contribution < -0.4 is 5.32 Å². The highest BCUT2D eigenvalue weighted by Gasteiger charge is 2.11. The number of H-pyrrole nitrogens is 1. The molecule has 3 heterocycles. The van der Waals surface area contributed by atoms with Gasteiger partial charge in [-0.25, -0.2) is 4.52 Å². The summed E-state index contributed by atoms with van der Waals surface area (Å²) in [5.74, 6) is 0.593. The molecule has 0 saturated carbocycles. The van der Waals surface area contributed by atoms with Crippen molar-refractivity contribution >= 4 is 27.5 Å². The molecule has 0 bridgehead atoms. The molecule has 0 fully saturated rings. The van der Waals surface area contributed by atoms with E-state index in [2.05, 4.69) is 41.5 Å². The molecule has 18 heavy (non-hydrogen) atoms. The third kappa shape index (κ3) is 1.97. The largest absolute Gasteiger partial charge is 0.346 e. The highest BCUT2D eigenvalue weighted by Crippen LogP contribution is 2.19. The second-order valence-corrected chi connectivity index (χ2v) is 4.81. The Morgan fingerprint density at radius 1 is 1.50 bits per heavy atom. The van der Waals surface area contributed by atoms with Crippen molar-refractivity contribution in [2.45, 2.75) is 13.0 Å². The van der Waals surface area contributed by atoms with Crippen molar-refractivity contribution in [2.75, 3.05) is 5.32 Å². The molecule has 0 aliphatic carbocycles. The van der Waals surface area contributed by atoms with Crippen molar-refractivity contribution in [3.05, 3.63) is 40.8 Å². The van der Waals surface area contributed by atoms with Crippen molar-refractivity contribution in [3.63, 3.8) is 0 Å². The lowest BCUT2D eigenvalue weighted by molar-refractivity contribution is 0.853. The van der Waals surface area contributed by atoms with Gasteiger partial charge in [0.25, 0.3) is 0 Å². The van der Waals surface area contributed by atoms with E-state index < -0.39 is 0 Å². The van der Waals surface area contributed by atoms with Crippen LogP contribution in [0, 0.1) is 0 Å². The van der Waals surface area contributed by atoms with Gasteiger partial charge in [0.1, 0.15) is 0 Å². The molecule has 0 radical (unpaired) electrons. The maximum Gasteiger partial charge on any atom is 0.243 e. The van der Waals surface area contributed by atoms with Crippen molar-refractivity contribution in [2.24, 2.45) is 0 Å². The van der Waals surface area contributed by atoms with Crippen molar-refractivity contribution in [1.29, 1.82) is 0 Å². The maximum absolute atomic E-state index is 4.43. The minimum Gasteiger partial charge on any atom is -0.346 e. The summed E-state index contributed by atoms with van der Waals surface area (Å²) >= 11 is 3.45. The van der Waals surface area contributed by atoms with Crippen molar-refractivity contribution in [1.82, 2.24) is 24.8 Å². The number of nitrogens with one attached hydrogen (secondary N) is 2. The zero-order valence-corrected chi connectivity index (χ0v) is 11.2. The average molecular weight is 307 g/mol. The Hall–Kier alpha value is -1.89. The number of rotatable bonds is 3. The Kier molecular flexibility index (Phi) is 2.75. The zero-order valence-electron chi connectivity index (χ0n) is 9.63. The molecule has 0 spiro atoms. The lowest BCUT2D eigenvalue weighted by atomic mass is 10.2. The van der Waals surface area contributed by atoms with E-state index in [1.807, 2.05) is 31.5 Å². The summed E-state index contributed by atoms with van der Waals surface area (Å²) in [4.78, 5) is 4.43. The van der Waals surface area contributed by atoms with E-state index in [-0.39, 0.29) is 6.04 Å². The molecule has 7 heteroatoms. The van der Waals surface area contributed by atoms with Gasteiger partial charge in [-0.2, -0.15) is 10.1 Å². The Morgan fingerprint density at radius 3 is 3.11 bits per heavy atom. The Balaban J connectivity index is 1.89. The van der Waals surface area contributed by atoms with Gasteiger partial charge in [-0.1, -0.05) is 0 Å². The number of hydrogen-bond donors (Lipinski definition) is 2. The number of anilines is 1. The predicted molar refractivity (Wildman–Crippen MR) is 71.3 cm³/mol. The number of pyridine rings is 1. The third-order valence-electron chi connectivity index (χ3n) is 2.68. The molecule has 0 amide bonds. The van der Waals surface area contributed by atoms with Crippen molar-refractivity contribution < 1.29 is 0 Å². The van der Waals surface area contributed by atoms with Gasteiger partial charge in [0.15, 0.2) is 5.65 Å². The van der Waals surface area contributed by atoms with Gasteiger partial charge in [0, 0.05) is 18.0 Å². The molecule has 0 aliphatic rings. The quantitative estimate of drug-likeness (QED) is 0.779. The summed E-state index contributed by atoms with van der Waals surface area (Å²) in [6.07, 6.45) is 5.49. The van der Waals surface area contributed by atoms with Gasteiger partial charge in [0.2, 0.25) is 5.95 Å². The molecule has 1 atom stereocenters. The van der Waals surface area contributed by atoms with Crippen LogP contribution in [0.15, 0.2) is 35.2 Å². The second kappa shape index (κ2) is 4.41. The zero-order chi connectivity index (χ0) is 12.5. The molecule has 1 unspecified atom stereocenters. The van der Waals surface area contributed by atoms with Crippen LogP contribution in [-0.2, 0) is 0 Å². The Morgan fingerprint density at radius 2 is 2.39 bits per heavy atom. The monoisotopic (exact) mass is 306 g/mol. The molecule has 0 aliphatic heterocycles. The lowest BCUT2D eigenvalue weighted by Crippen LogP contribution is -2.07. The van der Waals surface area contributed by atoms with Gasteiger partial charge in [-0.15, -0.1) is 5.10 Å². The molecule has 2 N–H and O–H groups in total. The number of hydrogen-bond acceptors (Lipinski definition) is 4. The first-order valence-corrected chi connectivity index (χ1v) is 6.29.